The molecule has 1 saturated heterocycles. The second kappa shape index (κ2) is 9.53. The van der Waals surface area contributed by atoms with Gasteiger partial charge in [0.05, 0.1) is 11.6 Å². The van der Waals surface area contributed by atoms with Crippen LogP contribution in [-0.4, -0.2) is 33.3 Å². The van der Waals surface area contributed by atoms with Crippen molar-refractivity contribution in [3.8, 4) is 5.75 Å². The number of likely N-dealkylation sites (tertiary alicyclic amines) is 1. The van der Waals surface area contributed by atoms with Crippen molar-refractivity contribution >= 4 is 17.4 Å². The molecule has 6 nitrogen and oxygen atoms in total. The zero-order valence-corrected chi connectivity index (χ0v) is 18.3. The van der Waals surface area contributed by atoms with Gasteiger partial charge in [-0.1, -0.05) is 54.6 Å². The van der Waals surface area contributed by atoms with E-state index in [1.54, 1.807) is 60.9 Å². The number of aliphatic hydroxyl groups excluding tert-OH is 1. The Balaban J connectivity index is 1.84. The third-order valence-electron chi connectivity index (χ3n) is 5.51. The number of carbonyl (C=O) groups excluding carboxylic acids is 2. The Morgan fingerprint density at radius 2 is 1.85 bits per heavy atom. The lowest BCUT2D eigenvalue weighted by atomic mass is 9.94. The molecule has 0 aliphatic carbocycles. The largest absolute Gasteiger partial charge is 0.507 e. The molecule has 2 heterocycles. The van der Waals surface area contributed by atoms with Crippen LogP contribution in [0.3, 0.4) is 0 Å². The highest BCUT2D eigenvalue weighted by atomic mass is 16.5. The van der Waals surface area contributed by atoms with E-state index in [1.807, 2.05) is 25.1 Å². The number of benzene rings is 2. The van der Waals surface area contributed by atoms with Crippen LogP contribution in [0, 0.1) is 6.92 Å². The summed E-state index contributed by atoms with van der Waals surface area (Å²) in [5.41, 5.74) is 3.04. The Morgan fingerprint density at radius 3 is 2.55 bits per heavy atom. The van der Waals surface area contributed by atoms with Crippen molar-refractivity contribution in [2.75, 3.05) is 6.61 Å². The molecule has 1 aromatic heterocycles. The van der Waals surface area contributed by atoms with Gasteiger partial charge in [-0.3, -0.25) is 14.6 Å². The number of ether oxygens (including phenoxy) is 1. The van der Waals surface area contributed by atoms with Crippen molar-refractivity contribution in [2.45, 2.75) is 19.5 Å². The van der Waals surface area contributed by atoms with Crippen molar-refractivity contribution < 1.29 is 19.4 Å². The standard InChI is InChI=1S/C27H24N2O4/c1-3-15-33-22-6-4-5-21(16-22)24-23(25(30)20-9-7-18(2)8-10-20)26(31)27(32)29(24)17-19-11-13-28-14-12-19/h3-14,16,24,30H,1,15,17H2,2H3. The van der Waals surface area contributed by atoms with E-state index in [4.69, 9.17) is 4.74 Å². The summed E-state index contributed by atoms with van der Waals surface area (Å²) in [4.78, 5) is 31.8. The molecule has 3 aromatic rings. The molecule has 0 spiro atoms. The van der Waals surface area contributed by atoms with E-state index < -0.39 is 17.7 Å². The molecule has 166 valence electrons. The van der Waals surface area contributed by atoms with E-state index in [0.717, 1.165) is 11.1 Å². The summed E-state index contributed by atoms with van der Waals surface area (Å²) in [6.07, 6.45) is 4.91. The second-order valence-electron chi connectivity index (χ2n) is 7.82. The summed E-state index contributed by atoms with van der Waals surface area (Å²) in [6, 6.07) is 17.2. The Labute approximate surface area is 192 Å². The fourth-order valence-electron chi connectivity index (χ4n) is 3.87. The number of pyridine rings is 1. The zero-order chi connectivity index (χ0) is 23.4. The first-order chi connectivity index (χ1) is 16.0. The van der Waals surface area contributed by atoms with Crippen molar-refractivity contribution in [3.63, 3.8) is 0 Å². The number of hydrogen-bond acceptors (Lipinski definition) is 5. The molecule has 33 heavy (non-hydrogen) atoms. The van der Waals surface area contributed by atoms with Crippen LogP contribution in [0.25, 0.3) is 5.76 Å². The Kier molecular flexibility index (Phi) is 6.36. The van der Waals surface area contributed by atoms with Crippen LogP contribution >= 0.6 is 0 Å². The molecule has 1 aliphatic rings. The molecule has 1 aliphatic heterocycles. The van der Waals surface area contributed by atoms with E-state index >= 15 is 0 Å². The maximum Gasteiger partial charge on any atom is 0.295 e. The molecule has 6 heteroatoms. The minimum absolute atomic E-state index is 0.0544. The number of aryl methyl sites for hydroxylation is 1. The minimum Gasteiger partial charge on any atom is -0.507 e. The Hall–Kier alpha value is -4.19. The van der Waals surface area contributed by atoms with Gasteiger partial charge in [0, 0.05) is 24.5 Å². The quantitative estimate of drug-likeness (QED) is 0.252. The summed E-state index contributed by atoms with van der Waals surface area (Å²) in [6.45, 7) is 6.12. The number of rotatable bonds is 7. The van der Waals surface area contributed by atoms with E-state index in [-0.39, 0.29) is 17.9 Å². The molecule has 1 N–H and O–H groups in total. The van der Waals surface area contributed by atoms with Gasteiger partial charge in [0.1, 0.15) is 18.1 Å². The highest BCUT2D eigenvalue weighted by Crippen LogP contribution is 2.41. The van der Waals surface area contributed by atoms with Crippen LogP contribution in [0.1, 0.15) is 28.3 Å². The molecule has 0 saturated carbocycles. The monoisotopic (exact) mass is 440 g/mol. The third-order valence-corrected chi connectivity index (χ3v) is 5.51. The molecule has 1 unspecified atom stereocenters. The SMILES string of the molecule is C=CCOc1cccc(C2C(=C(O)c3ccc(C)cc3)C(=O)C(=O)N2Cc2ccncc2)c1. The molecular weight excluding hydrogens is 416 g/mol. The van der Waals surface area contributed by atoms with Gasteiger partial charge in [0.25, 0.3) is 11.7 Å². The molecule has 0 radical (unpaired) electrons. The van der Waals surface area contributed by atoms with Gasteiger partial charge in [-0.15, -0.1) is 0 Å². The van der Waals surface area contributed by atoms with E-state index in [9.17, 15) is 14.7 Å². The molecular formula is C27H24N2O4. The maximum atomic E-state index is 13.2. The van der Waals surface area contributed by atoms with Crippen LogP contribution in [0.5, 0.6) is 5.75 Å². The number of Topliss-reactive ketones (excluding diaryl/α,β-unsaturated/α-hetero) is 1. The summed E-state index contributed by atoms with van der Waals surface area (Å²) in [5, 5.41) is 11.2. The van der Waals surface area contributed by atoms with Crippen LogP contribution in [0.4, 0.5) is 0 Å². The molecule has 2 aromatic carbocycles. The lowest BCUT2D eigenvalue weighted by Crippen LogP contribution is -2.29. The second-order valence-corrected chi connectivity index (χ2v) is 7.82. The lowest BCUT2D eigenvalue weighted by molar-refractivity contribution is -0.140. The highest BCUT2D eigenvalue weighted by Gasteiger charge is 2.46. The van der Waals surface area contributed by atoms with Crippen molar-refractivity contribution in [2.24, 2.45) is 0 Å². The van der Waals surface area contributed by atoms with Gasteiger partial charge in [-0.05, 0) is 42.3 Å². The van der Waals surface area contributed by atoms with Crippen LogP contribution in [0.15, 0.2) is 91.3 Å². The number of amides is 1. The lowest BCUT2D eigenvalue weighted by Gasteiger charge is -2.25. The molecule has 4 rings (SSSR count). The molecule has 1 atom stereocenters. The smallest absolute Gasteiger partial charge is 0.295 e. The Morgan fingerprint density at radius 1 is 1.12 bits per heavy atom. The number of aliphatic hydroxyl groups is 1. The number of aromatic nitrogens is 1. The zero-order valence-electron chi connectivity index (χ0n) is 18.3. The summed E-state index contributed by atoms with van der Waals surface area (Å²) < 4.78 is 5.66. The minimum atomic E-state index is -0.772. The van der Waals surface area contributed by atoms with Gasteiger partial charge < -0.3 is 14.7 Å². The van der Waals surface area contributed by atoms with Crippen molar-refractivity contribution in [3.05, 3.63) is 114 Å². The first-order valence-corrected chi connectivity index (χ1v) is 10.6. The summed E-state index contributed by atoms with van der Waals surface area (Å²) in [5.74, 6) is -1.00. The summed E-state index contributed by atoms with van der Waals surface area (Å²) >= 11 is 0. The maximum absolute atomic E-state index is 13.2. The average molecular weight is 440 g/mol. The average Bonchev–Trinajstić information content (AvgIpc) is 3.08. The van der Waals surface area contributed by atoms with E-state index in [0.29, 0.717) is 23.5 Å². The highest BCUT2D eigenvalue weighted by molar-refractivity contribution is 6.46. The summed E-state index contributed by atoms with van der Waals surface area (Å²) in [7, 11) is 0. The number of hydrogen-bond donors (Lipinski definition) is 1. The predicted molar refractivity (Wildman–Crippen MR) is 125 cm³/mol. The normalized spacial score (nSPS) is 17.2. The first-order valence-electron chi connectivity index (χ1n) is 10.6. The van der Waals surface area contributed by atoms with Crippen molar-refractivity contribution in [1.29, 1.82) is 0 Å². The van der Waals surface area contributed by atoms with E-state index in [2.05, 4.69) is 11.6 Å². The molecule has 1 amide bonds. The van der Waals surface area contributed by atoms with Gasteiger partial charge >= 0.3 is 0 Å². The van der Waals surface area contributed by atoms with E-state index in [1.165, 1.54) is 4.90 Å². The molecule has 1 fully saturated rings. The van der Waals surface area contributed by atoms with Crippen LogP contribution in [0.2, 0.25) is 0 Å². The van der Waals surface area contributed by atoms with Gasteiger partial charge in [0.2, 0.25) is 0 Å². The predicted octanol–water partition coefficient (Wildman–Crippen LogP) is 4.58. The van der Waals surface area contributed by atoms with Gasteiger partial charge in [0.15, 0.2) is 0 Å². The Bertz CT molecular complexity index is 1220. The fourth-order valence-corrected chi connectivity index (χ4v) is 3.87. The topological polar surface area (TPSA) is 79.7 Å². The number of ketones is 1. The fraction of sp³-hybridized carbons (Fsp3) is 0.148. The first kappa shape index (κ1) is 22.0. The van der Waals surface area contributed by atoms with Crippen LogP contribution < -0.4 is 4.74 Å². The van der Waals surface area contributed by atoms with Gasteiger partial charge in [-0.25, -0.2) is 0 Å². The number of carbonyl (C=O) groups is 2. The van der Waals surface area contributed by atoms with Gasteiger partial charge in [-0.2, -0.15) is 0 Å². The molecule has 0 bridgehead atoms. The number of nitrogens with zero attached hydrogens (tertiary/aromatic N) is 2. The van der Waals surface area contributed by atoms with Crippen molar-refractivity contribution in [1.82, 2.24) is 9.88 Å². The van der Waals surface area contributed by atoms with Crippen LogP contribution in [-0.2, 0) is 16.1 Å². The third kappa shape index (κ3) is 4.55.